The normalized spacial score (nSPS) is 23.2. The third kappa shape index (κ3) is 6.66. The number of hydrogen-bond donors (Lipinski definition) is 3. The van der Waals surface area contributed by atoms with E-state index >= 15 is 0 Å². The van der Waals surface area contributed by atoms with Crippen LogP contribution >= 0.6 is 0 Å². The number of ether oxygens (including phenoxy) is 4. The summed E-state index contributed by atoms with van der Waals surface area (Å²) < 4.78 is 22.0. The molecule has 2 unspecified atom stereocenters. The molecule has 2 aliphatic heterocycles. The molecule has 0 aliphatic carbocycles. The lowest BCUT2D eigenvalue weighted by atomic mass is 9.85. The number of carbonyl (C=O) groups excluding carboxylic acids is 3. The van der Waals surface area contributed by atoms with Crippen LogP contribution in [0.3, 0.4) is 0 Å². The quantitative estimate of drug-likeness (QED) is 0.448. The highest BCUT2D eigenvalue weighted by molar-refractivity contribution is 5.83. The summed E-state index contributed by atoms with van der Waals surface area (Å²) in [5.41, 5.74) is 0.188. The van der Waals surface area contributed by atoms with Crippen LogP contribution in [-0.4, -0.2) is 86.6 Å². The van der Waals surface area contributed by atoms with Gasteiger partial charge in [0.2, 0.25) is 17.7 Å². The first-order chi connectivity index (χ1) is 16.2. The molecule has 0 spiro atoms. The zero-order valence-corrected chi connectivity index (χ0v) is 19.7. The largest absolute Gasteiger partial charge is 0.497 e. The lowest BCUT2D eigenvalue weighted by molar-refractivity contribution is -0.258. The Balaban J connectivity index is 1.46. The molecule has 0 saturated carbocycles. The van der Waals surface area contributed by atoms with Crippen molar-refractivity contribution in [3.8, 4) is 5.75 Å². The molecular formula is C23H33N3O8. The highest BCUT2D eigenvalue weighted by Crippen LogP contribution is 2.36. The molecule has 0 radical (unpaired) electrons. The Kier molecular flexibility index (Phi) is 8.84. The number of morpholine rings is 1. The number of rotatable bonds is 9. The molecule has 3 atom stereocenters. The third-order valence-corrected chi connectivity index (χ3v) is 5.75. The molecule has 11 nitrogen and oxygen atoms in total. The van der Waals surface area contributed by atoms with E-state index in [9.17, 15) is 19.5 Å². The second-order valence-corrected chi connectivity index (χ2v) is 8.93. The predicted octanol–water partition coefficient (Wildman–Crippen LogP) is -0.0649. The maximum atomic E-state index is 12.9. The number of aliphatic hydroxyl groups excluding tert-OH is 1. The summed E-state index contributed by atoms with van der Waals surface area (Å²) in [6.07, 6.45) is -2.80. The number of benzene rings is 1. The lowest BCUT2D eigenvalue weighted by Crippen LogP contribution is -2.52. The number of carbonyl (C=O) groups is 3. The van der Waals surface area contributed by atoms with E-state index in [0.29, 0.717) is 25.5 Å². The van der Waals surface area contributed by atoms with Gasteiger partial charge in [-0.05, 0) is 18.6 Å². The Morgan fingerprint density at radius 3 is 2.68 bits per heavy atom. The fourth-order valence-corrected chi connectivity index (χ4v) is 3.63. The summed E-state index contributed by atoms with van der Waals surface area (Å²) in [4.78, 5) is 38.1. The smallest absolute Gasteiger partial charge is 0.250 e. The van der Waals surface area contributed by atoms with E-state index in [-0.39, 0.29) is 38.1 Å². The number of hydrogen-bond acceptors (Lipinski definition) is 8. The minimum absolute atomic E-state index is 0.00129. The van der Waals surface area contributed by atoms with Crippen LogP contribution in [0.15, 0.2) is 24.3 Å². The van der Waals surface area contributed by atoms with Gasteiger partial charge >= 0.3 is 0 Å². The van der Waals surface area contributed by atoms with Crippen LogP contribution in [0, 0.1) is 5.41 Å². The van der Waals surface area contributed by atoms with Gasteiger partial charge in [0, 0.05) is 24.1 Å². The van der Waals surface area contributed by atoms with Crippen molar-refractivity contribution >= 4 is 17.7 Å². The van der Waals surface area contributed by atoms with Crippen LogP contribution in [0.2, 0.25) is 0 Å². The van der Waals surface area contributed by atoms with E-state index in [1.807, 2.05) is 26.0 Å². The van der Waals surface area contributed by atoms with Crippen molar-refractivity contribution < 1.29 is 38.4 Å². The molecule has 2 heterocycles. The van der Waals surface area contributed by atoms with Gasteiger partial charge in [-0.1, -0.05) is 26.0 Å². The molecular weight excluding hydrogens is 446 g/mol. The van der Waals surface area contributed by atoms with Crippen LogP contribution in [-0.2, 0) is 28.6 Å². The Morgan fingerprint density at radius 2 is 2.00 bits per heavy atom. The van der Waals surface area contributed by atoms with E-state index < -0.39 is 29.8 Å². The van der Waals surface area contributed by atoms with Crippen molar-refractivity contribution in [2.45, 2.75) is 38.8 Å². The fourth-order valence-electron chi connectivity index (χ4n) is 3.63. The molecule has 2 saturated heterocycles. The molecule has 1 aromatic carbocycles. The number of nitrogens with zero attached hydrogens (tertiary/aromatic N) is 1. The summed E-state index contributed by atoms with van der Waals surface area (Å²) in [5.74, 6) is -0.484. The van der Waals surface area contributed by atoms with Gasteiger partial charge in [0.1, 0.15) is 24.6 Å². The van der Waals surface area contributed by atoms with Crippen molar-refractivity contribution in [1.82, 2.24) is 15.5 Å². The van der Waals surface area contributed by atoms with Gasteiger partial charge in [-0.25, -0.2) is 0 Å². The van der Waals surface area contributed by atoms with Crippen molar-refractivity contribution in [3.63, 3.8) is 0 Å². The Hall–Kier alpha value is -2.73. The second kappa shape index (κ2) is 11.6. The van der Waals surface area contributed by atoms with Gasteiger partial charge in [0.15, 0.2) is 6.29 Å². The molecule has 34 heavy (non-hydrogen) atoms. The summed E-state index contributed by atoms with van der Waals surface area (Å²) in [6, 6.07) is 7.21. The molecule has 3 amide bonds. The van der Waals surface area contributed by atoms with E-state index in [0.717, 1.165) is 5.56 Å². The number of methoxy groups -OCH3 is 1. The summed E-state index contributed by atoms with van der Waals surface area (Å²) in [7, 11) is 1.58. The van der Waals surface area contributed by atoms with Crippen LogP contribution in [0.25, 0.3) is 0 Å². The average molecular weight is 480 g/mol. The predicted molar refractivity (Wildman–Crippen MR) is 120 cm³/mol. The monoisotopic (exact) mass is 479 g/mol. The van der Waals surface area contributed by atoms with Crippen molar-refractivity contribution in [1.29, 1.82) is 0 Å². The number of amides is 3. The van der Waals surface area contributed by atoms with Crippen molar-refractivity contribution in [2.24, 2.45) is 5.41 Å². The molecule has 0 aromatic heterocycles. The van der Waals surface area contributed by atoms with Gasteiger partial charge in [-0.15, -0.1) is 0 Å². The first-order valence-electron chi connectivity index (χ1n) is 11.2. The zero-order chi connectivity index (χ0) is 24.7. The minimum Gasteiger partial charge on any atom is -0.497 e. The molecule has 0 bridgehead atoms. The summed E-state index contributed by atoms with van der Waals surface area (Å²) in [6.45, 7) is 4.90. The van der Waals surface area contributed by atoms with E-state index in [2.05, 4.69) is 10.6 Å². The van der Waals surface area contributed by atoms with Gasteiger partial charge in [-0.3, -0.25) is 14.4 Å². The van der Waals surface area contributed by atoms with Gasteiger partial charge in [0.05, 0.1) is 27.0 Å². The third-order valence-electron chi connectivity index (χ3n) is 5.75. The van der Waals surface area contributed by atoms with Crippen molar-refractivity contribution in [3.05, 3.63) is 29.8 Å². The Bertz CT molecular complexity index is 860. The highest BCUT2D eigenvalue weighted by Gasteiger charge is 2.43. The standard InChI is InChI=1S/C23H33N3O8/c1-23(2)13-33-22(15-4-6-16(31-3)7-5-15)34-19(23)21(30)24-9-8-17(27)20(29)25-14-26-10-11-32-12-18(26)28/h4-7,17,19,22,27H,8-14H2,1-3H3,(H,24,30)(H,25,29)/t17?,19-,22?/m0/s1. The zero-order valence-electron chi connectivity index (χ0n) is 19.7. The van der Waals surface area contributed by atoms with Crippen LogP contribution in [0.5, 0.6) is 5.75 Å². The SMILES string of the molecule is COc1ccc(C2OCC(C)(C)[C@H](C(=O)NCCC(O)C(=O)NCN3CCOCC3=O)O2)cc1. The fraction of sp³-hybridized carbons (Fsp3) is 0.609. The maximum absolute atomic E-state index is 12.9. The van der Waals surface area contributed by atoms with Gasteiger partial charge in [0.25, 0.3) is 0 Å². The van der Waals surface area contributed by atoms with Crippen LogP contribution in [0.1, 0.15) is 32.1 Å². The number of nitrogens with one attached hydrogen (secondary N) is 2. The average Bonchev–Trinajstić information content (AvgIpc) is 2.83. The van der Waals surface area contributed by atoms with Crippen LogP contribution in [0.4, 0.5) is 0 Å². The summed E-state index contributed by atoms with van der Waals surface area (Å²) in [5, 5.41) is 15.4. The summed E-state index contributed by atoms with van der Waals surface area (Å²) >= 11 is 0. The molecule has 11 heteroatoms. The molecule has 2 aliphatic rings. The van der Waals surface area contributed by atoms with E-state index in [1.54, 1.807) is 19.2 Å². The molecule has 188 valence electrons. The maximum Gasteiger partial charge on any atom is 0.250 e. The lowest BCUT2D eigenvalue weighted by Gasteiger charge is -2.41. The Morgan fingerprint density at radius 1 is 1.26 bits per heavy atom. The van der Waals surface area contributed by atoms with E-state index in [1.165, 1.54) is 4.90 Å². The molecule has 3 N–H and O–H groups in total. The number of aliphatic hydroxyl groups is 1. The molecule has 1 aromatic rings. The van der Waals surface area contributed by atoms with Gasteiger partial charge in [-0.2, -0.15) is 0 Å². The van der Waals surface area contributed by atoms with Crippen LogP contribution < -0.4 is 15.4 Å². The first kappa shape index (κ1) is 25.9. The van der Waals surface area contributed by atoms with Crippen molar-refractivity contribution in [2.75, 3.05) is 46.7 Å². The highest BCUT2D eigenvalue weighted by atomic mass is 16.7. The second-order valence-electron chi connectivity index (χ2n) is 8.93. The van der Waals surface area contributed by atoms with Gasteiger partial charge < -0.3 is 39.6 Å². The van der Waals surface area contributed by atoms with E-state index in [4.69, 9.17) is 18.9 Å². The molecule has 3 rings (SSSR count). The molecule has 2 fully saturated rings. The minimum atomic E-state index is -1.33. The first-order valence-corrected chi connectivity index (χ1v) is 11.2. The Labute approximate surface area is 198 Å². The topological polar surface area (TPSA) is 136 Å².